The van der Waals surface area contributed by atoms with Crippen molar-refractivity contribution in [2.24, 2.45) is 0 Å². The first-order chi connectivity index (χ1) is 10.6. The van der Waals surface area contributed by atoms with E-state index in [4.69, 9.17) is 0 Å². The van der Waals surface area contributed by atoms with Crippen molar-refractivity contribution in [1.82, 2.24) is 14.5 Å². The van der Waals surface area contributed by atoms with Gasteiger partial charge in [0.15, 0.2) is 0 Å². The second kappa shape index (κ2) is 6.04. The van der Waals surface area contributed by atoms with Gasteiger partial charge in [0.2, 0.25) is 0 Å². The first kappa shape index (κ1) is 15.0. The Morgan fingerprint density at radius 3 is 2.77 bits per heavy atom. The van der Waals surface area contributed by atoms with Crippen molar-refractivity contribution >= 4 is 21.4 Å². The molecule has 0 bridgehead atoms. The highest BCUT2D eigenvalue weighted by atomic mass is 32.2. The summed E-state index contributed by atoms with van der Waals surface area (Å²) in [5.74, 6) is 0. The molecule has 114 valence electrons. The minimum absolute atomic E-state index is 0.322. The summed E-state index contributed by atoms with van der Waals surface area (Å²) in [4.78, 5) is 0. The first-order valence-corrected chi connectivity index (χ1v) is 9.08. The molecule has 22 heavy (non-hydrogen) atoms. The maximum absolute atomic E-state index is 12.3. The van der Waals surface area contributed by atoms with Crippen molar-refractivity contribution in [1.29, 1.82) is 0 Å². The number of hydrogen-bond acceptors (Lipinski definition) is 4. The number of aromatic nitrogens is 2. The number of sulfonamides is 1. The fraction of sp³-hybridized carbons (Fsp3) is 0.133. The van der Waals surface area contributed by atoms with Crippen LogP contribution >= 0.6 is 11.3 Å². The topological polar surface area (TPSA) is 64.0 Å². The standard InChI is InChI=1S/C15H15N3O2S2/c1-12(17-22(19,20)15-7-3-10-21-15)13-5-2-6-14(11-13)18-9-4-8-16-18/h2-12,17H,1H3/t12-/m0/s1. The highest BCUT2D eigenvalue weighted by Crippen LogP contribution is 2.21. The Balaban J connectivity index is 1.84. The van der Waals surface area contributed by atoms with Gasteiger partial charge in [0.05, 0.1) is 5.69 Å². The van der Waals surface area contributed by atoms with Gasteiger partial charge in [-0.1, -0.05) is 18.2 Å². The van der Waals surface area contributed by atoms with Gasteiger partial charge in [0.1, 0.15) is 4.21 Å². The highest BCUT2D eigenvalue weighted by Gasteiger charge is 2.19. The number of hydrogen-bond donors (Lipinski definition) is 1. The molecule has 1 atom stereocenters. The summed E-state index contributed by atoms with van der Waals surface area (Å²) in [6.45, 7) is 1.83. The van der Waals surface area contributed by atoms with Crippen LogP contribution in [0.5, 0.6) is 0 Å². The SMILES string of the molecule is C[C@H](NS(=O)(=O)c1cccs1)c1cccc(-n2cccn2)c1. The Morgan fingerprint density at radius 2 is 2.09 bits per heavy atom. The Hall–Kier alpha value is -1.96. The summed E-state index contributed by atoms with van der Waals surface area (Å²) in [6, 6.07) is 12.5. The lowest BCUT2D eigenvalue weighted by Crippen LogP contribution is -2.26. The largest absolute Gasteiger partial charge is 0.250 e. The van der Waals surface area contributed by atoms with E-state index in [2.05, 4.69) is 9.82 Å². The van der Waals surface area contributed by atoms with E-state index in [0.717, 1.165) is 11.3 Å². The zero-order valence-corrected chi connectivity index (χ0v) is 13.5. The molecule has 1 N–H and O–H groups in total. The number of nitrogens with zero attached hydrogens (tertiary/aromatic N) is 2. The van der Waals surface area contributed by atoms with Crippen LogP contribution in [0.3, 0.4) is 0 Å². The number of nitrogens with one attached hydrogen (secondary N) is 1. The average Bonchev–Trinajstić information content (AvgIpc) is 3.20. The molecule has 2 aromatic heterocycles. The van der Waals surface area contributed by atoms with Crippen LogP contribution < -0.4 is 4.72 Å². The summed E-state index contributed by atoms with van der Waals surface area (Å²) in [6.07, 6.45) is 3.55. The van der Waals surface area contributed by atoms with Gasteiger partial charge in [0.25, 0.3) is 10.0 Å². The molecular weight excluding hydrogens is 318 g/mol. The van der Waals surface area contributed by atoms with Crippen LogP contribution in [0.25, 0.3) is 5.69 Å². The number of rotatable bonds is 5. The molecule has 0 aliphatic carbocycles. The van der Waals surface area contributed by atoms with E-state index in [1.807, 2.05) is 43.5 Å². The average molecular weight is 333 g/mol. The van der Waals surface area contributed by atoms with Crippen molar-refractivity contribution in [3.63, 3.8) is 0 Å². The van der Waals surface area contributed by atoms with Crippen molar-refractivity contribution in [3.8, 4) is 5.69 Å². The second-order valence-corrected chi connectivity index (χ2v) is 7.71. The van der Waals surface area contributed by atoms with E-state index in [0.29, 0.717) is 4.21 Å². The third kappa shape index (κ3) is 3.11. The lowest BCUT2D eigenvalue weighted by molar-refractivity contribution is 0.569. The predicted molar refractivity (Wildman–Crippen MR) is 86.6 cm³/mol. The predicted octanol–water partition coefficient (Wildman–Crippen LogP) is 2.97. The number of benzene rings is 1. The summed E-state index contributed by atoms with van der Waals surface area (Å²) >= 11 is 1.20. The van der Waals surface area contributed by atoms with E-state index in [1.54, 1.807) is 28.4 Å². The summed E-state index contributed by atoms with van der Waals surface area (Å²) < 4.78 is 29.3. The van der Waals surface area contributed by atoms with Gasteiger partial charge < -0.3 is 0 Å². The monoisotopic (exact) mass is 333 g/mol. The maximum Gasteiger partial charge on any atom is 0.250 e. The van der Waals surface area contributed by atoms with Crippen molar-refractivity contribution < 1.29 is 8.42 Å². The first-order valence-electron chi connectivity index (χ1n) is 6.72. The Bertz CT molecular complexity index is 841. The molecule has 0 amide bonds. The summed E-state index contributed by atoms with van der Waals surface area (Å²) in [5, 5.41) is 5.93. The third-order valence-electron chi connectivity index (χ3n) is 3.23. The molecule has 7 heteroatoms. The Kier molecular flexibility index (Phi) is 4.10. The minimum Gasteiger partial charge on any atom is -0.241 e. The quantitative estimate of drug-likeness (QED) is 0.781. The van der Waals surface area contributed by atoms with Crippen molar-refractivity contribution in [2.75, 3.05) is 0 Å². The normalized spacial score (nSPS) is 13.1. The van der Waals surface area contributed by atoms with Gasteiger partial charge >= 0.3 is 0 Å². The molecule has 0 saturated heterocycles. The van der Waals surface area contributed by atoms with E-state index < -0.39 is 10.0 Å². The van der Waals surface area contributed by atoms with Gasteiger partial charge in [-0.25, -0.2) is 17.8 Å². The molecule has 1 aromatic carbocycles. The van der Waals surface area contributed by atoms with Crippen LogP contribution in [0.4, 0.5) is 0 Å². The molecule has 5 nitrogen and oxygen atoms in total. The van der Waals surface area contributed by atoms with Gasteiger partial charge in [0, 0.05) is 18.4 Å². The third-order valence-corrected chi connectivity index (χ3v) is 6.17. The minimum atomic E-state index is -3.48. The molecule has 0 aliphatic heterocycles. The fourth-order valence-electron chi connectivity index (χ4n) is 2.13. The van der Waals surface area contributed by atoms with E-state index >= 15 is 0 Å². The lowest BCUT2D eigenvalue weighted by atomic mass is 10.1. The van der Waals surface area contributed by atoms with Crippen LogP contribution in [0, 0.1) is 0 Å². The molecule has 3 aromatic rings. The smallest absolute Gasteiger partial charge is 0.241 e. The van der Waals surface area contributed by atoms with E-state index in [9.17, 15) is 8.42 Å². The Labute approximate surface area is 133 Å². The molecule has 0 fully saturated rings. The van der Waals surface area contributed by atoms with Crippen LogP contribution in [-0.2, 0) is 10.0 Å². The van der Waals surface area contributed by atoms with Crippen molar-refractivity contribution in [2.45, 2.75) is 17.2 Å². The highest BCUT2D eigenvalue weighted by molar-refractivity contribution is 7.91. The van der Waals surface area contributed by atoms with E-state index in [1.165, 1.54) is 11.3 Å². The second-order valence-electron chi connectivity index (χ2n) is 4.82. The molecule has 0 radical (unpaired) electrons. The summed E-state index contributed by atoms with van der Waals surface area (Å²) in [5.41, 5.74) is 1.78. The molecule has 0 spiro atoms. The van der Waals surface area contributed by atoms with Crippen LogP contribution in [0.15, 0.2) is 64.4 Å². The van der Waals surface area contributed by atoms with Crippen LogP contribution in [-0.4, -0.2) is 18.2 Å². The van der Waals surface area contributed by atoms with Gasteiger partial charge in [-0.2, -0.15) is 5.10 Å². The molecule has 0 unspecified atom stereocenters. The van der Waals surface area contributed by atoms with Crippen LogP contribution in [0.2, 0.25) is 0 Å². The zero-order valence-electron chi connectivity index (χ0n) is 11.9. The molecule has 2 heterocycles. The zero-order chi connectivity index (χ0) is 15.6. The maximum atomic E-state index is 12.3. The van der Waals surface area contributed by atoms with Gasteiger partial charge in [-0.15, -0.1) is 11.3 Å². The van der Waals surface area contributed by atoms with Gasteiger partial charge in [-0.05, 0) is 42.1 Å². The summed E-state index contributed by atoms with van der Waals surface area (Å²) in [7, 11) is -3.48. The van der Waals surface area contributed by atoms with Gasteiger partial charge in [-0.3, -0.25) is 0 Å². The molecule has 0 aliphatic rings. The van der Waals surface area contributed by atoms with Crippen molar-refractivity contribution in [3.05, 3.63) is 65.8 Å². The molecular formula is C15H15N3O2S2. The molecule has 0 saturated carbocycles. The Morgan fingerprint density at radius 1 is 1.23 bits per heavy atom. The fourth-order valence-corrected chi connectivity index (χ4v) is 4.37. The molecule has 3 rings (SSSR count). The number of thiophene rings is 1. The van der Waals surface area contributed by atoms with E-state index in [-0.39, 0.29) is 6.04 Å². The van der Waals surface area contributed by atoms with Crippen LogP contribution in [0.1, 0.15) is 18.5 Å². The lowest BCUT2D eigenvalue weighted by Gasteiger charge is -2.15.